The molecule has 19 heavy (non-hydrogen) atoms. The van der Waals surface area contributed by atoms with Crippen LogP contribution >= 0.6 is 0 Å². The van der Waals surface area contributed by atoms with E-state index in [1.54, 1.807) is 0 Å². The fourth-order valence-corrected chi connectivity index (χ4v) is 2.57. The van der Waals surface area contributed by atoms with Crippen molar-refractivity contribution in [1.29, 1.82) is 0 Å². The minimum atomic E-state index is -0.903. The first kappa shape index (κ1) is 13.8. The van der Waals surface area contributed by atoms with E-state index in [4.69, 9.17) is 5.73 Å². The van der Waals surface area contributed by atoms with Crippen LogP contribution < -0.4 is 11.1 Å². The van der Waals surface area contributed by atoms with Gasteiger partial charge in [-0.25, -0.2) is 8.78 Å². The summed E-state index contributed by atoms with van der Waals surface area (Å²) in [6.45, 7) is 2.71. The van der Waals surface area contributed by atoms with Crippen LogP contribution in [0.2, 0.25) is 0 Å². The number of carbonyl (C=O) groups excluding carboxylic acids is 1. The van der Waals surface area contributed by atoms with Gasteiger partial charge in [0, 0.05) is 12.1 Å². The number of anilines is 1. The van der Waals surface area contributed by atoms with Crippen molar-refractivity contribution in [3.63, 3.8) is 0 Å². The smallest absolute Gasteiger partial charge is 0.251 e. The Morgan fingerprint density at radius 3 is 2.53 bits per heavy atom. The zero-order valence-electron chi connectivity index (χ0n) is 10.9. The van der Waals surface area contributed by atoms with Crippen molar-refractivity contribution in [2.45, 2.75) is 26.2 Å². The van der Waals surface area contributed by atoms with Gasteiger partial charge in [0.1, 0.15) is 17.3 Å². The van der Waals surface area contributed by atoms with E-state index >= 15 is 0 Å². The minimum Gasteiger partial charge on any atom is -0.394 e. The summed E-state index contributed by atoms with van der Waals surface area (Å²) in [7, 11) is 0. The zero-order valence-corrected chi connectivity index (χ0v) is 10.9. The van der Waals surface area contributed by atoms with Crippen LogP contribution in [0, 0.1) is 23.5 Å². The highest BCUT2D eigenvalue weighted by Gasteiger charge is 2.24. The van der Waals surface area contributed by atoms with E-state index < -0.39 is 23.2 Å². The van der Waals surface area contributed by atoms with Gasteiger partial charge in [0.2, 0.25) is 0 Å². The Morgan fingerprint density at radius 1 is 1.37 bits per heavy atom. The molecule has 0 radical (unpaired) electrons. The Hall–Kier alpha value is -1.65. The van der Waals surface area contributed by atoms with Crippen molar-refractivity contribution in [2.24, 2.45) is 11.8 Å². The van der Waals surface area contributed by atoms with Crippen molar-refractivity contribution in [1.82, 2.24) is 5.32 Å². The number of nitrogens with one attached hydrogen (secondary N) is 1. The van der Waals surface area contributed by atoms with Gasteiger partial charge >= 0.3 is 0 Å². The van der Waals surface area contributed by atoms with Crippen LogP contribution in [0.3, 0.4) is 0 Å². The topological polar surface area (TPSA) is 55.1 Å². The molecule has 5 heteroatoms. The van der Waals surface area contributed by atoms with E-state index in [1.165, 1.54) is 12.8 Å². The summed E-state index contributed by atoms with van der Waals surface area (Å²) in [5.41, 5.74) is 4.57. The first-order valence-electron chi connectivity index (χ1n) is 6.51. The maximum absolute atomic E-state index is 13.3. The lowest BCUT2D eigenvalue weighted by atomic mass is 9.98. The molecule has 2 atom stereocenters. The quantitative estimate of drug-likeness (QED) is 0.828. The molecule has 0 saturated heterocycles. The molecule has 0 aromatic heterocycles. The summed E-state index contributed by atoms with van der Waals surface area (Å²) < 4.78 is 26.5. The molecule has 0 aliphatic heterocycles. The second kappa shape index (κ2) is 5.55. The lowest BCUT2D eigenvalue weighted by Gasteiger charge is -2.16. The predicted octanol–water partition coefficient (Wildman–Crippen LogP) is 2.71. The lowest BCUT2D eigenvalue weighted by Crippen LogP contribution is -2.30. The summed E-state index contributed by atoms with van der Waals surface area (Å²) in [5, 5.41) is 2.73. The Bertz CT molecular complexity index is 467. The maximum atomic E-state index is 13.3. The van der Waals surface area contributed by atoms with Crippen molar-refractivity contribution >= 4 is 11.6 Å². The Labute approximate surface area is 111 Å². The third-order valence-corrected chi connectivity index (χ3v) is 3.91. The molecule has 1 aromatic rings. The number of carbonyl (C=O) groups is 1. The summed E-state index contributed by atoms with van der Waals surface area (Å²) in [6.07, 6.45) is 3.43. The van der Waals surface area contributed by atoms with Crippen molar-refractivity contribution in [2.75, 3.05) is 12.3 Å². The summed E-state index contributed by atoms with van der Waals surface area (Å²) in [6, 6.07) is 1.93. The van der Waals surface area contributed by atoms with Crippen molar-refractivity contribution in [3.05, 3.63) is 29.3 Å². The molecule has 1 fully saturated rings. The number of benzene rings is 1. The highest BCUT2D eigenvalue weighted by Crippen LogP contribution is 2.30. The number of halogens is 2. The van der Waals surface area contributed by atoms with E-state index in [0.29, 0.717) is 18.4 Å². The molecule has 1 saturated carbocycles. The van der Waals surface area contributed by atoms with Gasteiger partial charge < -0.3 is 11.1 Å². The third kappa shape index (κ3) is 3.03. The predicted molar refractivity (Wildman–Crippen MR) is 69.6 cm³/mol. The van der Waals surface area contributed by atoms with Gasteiger partial charge in [-0.3, -0.25) is 4.79 Å². The van der Waals surface area contributed by atoms with Crippen LogP contribution in [-0.4, -0.2) is 12.5 Å². The lowest BCUT2D eigenvalue weighted by molar-refractivity contribution is 0.0943. The van der Waals surface area contributed by atoms with Gasteiger partial charge in [-0.2, -0.15) is 0 Å². The van der Waals surface area contributed by atoms with Gasteiger partial charge in [0.05, 0.1) is 0 Å². The summed E-state index contributed by atoms with van der Waals surface area (Å²) >= 11 is 0. The van der Waals surface area contributed by atoms with Crippen LogP contribution in [0.5, 0.6) is 0 Å². The average molecular weight is 268 g/mol. The van der Waals surface area contributed by atoms with Crippen LogP contribution in [0.4, 0.5) is 14.5 Å². The molecular weight excluding hydrogens is 250 g/mol. The summed E-state index contributed by atoms with van der Waals surface area (Å²) in [5.74, 6) is -1.23. The molecule has 2 unspecified atom stereocenters. The second-order valence-electron chi connectivity index (χ2n) is 5.23. The number of amides is 1. The fourth-order valence-electron chi connectivity index (χ4n) is 2.57. The van der Waals surface area contributed by atoms with Gasteiger partial charge in [-0.1, -0.05) is 19.8 Å². The van der Waals surface area contributed by atoms with Crippen LogP contribution in [0.25, 0.3) is 0 Å². The molecule has 2 rings (SSSR count). The molecule has 0 heterocycles. The standard InChI is InChI=1S/C14H18F2N2O/c1-8-3-2-4-9(8)7-18-14(19)10-5-11(15)13(17)12(16)6-10/h5-6,8-9H,2-4,7,17H2,1H3,(H,18,19). The van der Waals surface area contributed by atoms with Crippen molar-refractivity contribution < 1.29 is 13.6 Å². The molecule has 1 amide bonds. The Kier molecular flexibility index (Phi) is 4.02. The number of hydrogen-bond donors (Lipinski definition) is 2. The summed E-state index contributed by atoms with van der Waals surface area (Å²) in [4.78, 5) is 11.8. The normalized spacial score (nSPS) is 22.5. The van der Waals surface area contributed by atoms with Gasteiger partial charge in [0.15, 0.2) is 0 Å². The molecular formula is C14H18F2N2O. The molecule has 1 aliphatic rings. The number of hydrogen-bond acceptors (Lipinski definition) is 2. The molecule has 0 spiro atoms. The van der Waals surface area contributed by atoms with Crippen LogP contribution in [0.15, 0.2) is 12.1 Å². The Balaban J connectivity index is 2.00. The monoisotopic (exact) mass is 268 g/mol. The fraction of sp³-hybridized carbons (Fsp3) is 0.500. The van der Waals surface area contributed by atoms with Crippen LogP contribution in [-0.2, 0) is 0 Å². The highest BCUT2D eigenvalue weighted by atomic mass is 19.1. The minimum absolute atomic E-state index is 0.0325. The molecule has 1 aliphatic carbocycles. The third-order valence-electron chi connectivity index (χ3n) is 3.91. The van der Waals surface area contributed by atoms with Gasteiger partial charge in [-0.05, 0) is 30.4 Å². The first-order chi connectivity index (χ1) is 8.99. The Morgan fingerprint density at radius 2 is 2.00 bits per heavy atom. The number of nitrogens with two attached hydrogens (primary N) is 1. The number of rotatable bonds is 3. The van der Waals surface area contributed by atoms with E-state index in [-0.39, 0.29) is 5.56 Å². The average Bonchev–Trinajstić information content (AvgIpc) is 2.78. The first-order valence-corrected chi connectivity index (χ1v) is 6.51. The van der Waals surface area contributed by atoms with E-state index in [2.05, 4.69) is 12.2 Å². The molecule has 3 nitrogen and oxygen atoms in total. The van der Waals surface area contributed by atoms with Crippen molar-refractivity contribution in [3.8, 4) is 0 Å². The van der Waals surface area contributed by atoms with E-state index in [0.717, 1.165) is 18.6 Å². The maximum Gasteiger partial charge on any atom is 0.251 e. The van der Waals surface area contributed by atoms with Crippen LogP contribution in [0.1, 0.15) is 36.5 Å². The van der Waals surface area contributed by atoms with Gasteiger partial charge in [0.25, 0.3) is 5.91 Å². The highest BCUT2D eigenvalue weighted by molar-refractivity contribution is 5.94. The second-order valence-corrected chi connectivity index (χ2v) is 5.23. The molecule has 3 N–H and O–H groups in total. The van der Waals surface area contributed by atoms with E-state index in [1.807, 2.05) is 0 Å². The SMILES string of the molecule is CC1CCCC1CNC(=O)c1cc(F)c(N)c(F)c1. The van der Waals surface area contributed by atoms with E-state index in [9.17, 15) is 13.6 Å². The largest absolute Gasteiger partial charge is 0.394 e. The number of nitrogen functional groups attached to an aromatic ring is 1. The molecule has 0 bridgehead atoms. The zero-order chi connectivity index (χ0) is 14.0. The molecule has 1 aromatic carbocycles. The van der Waals surface area contributed by atoms with Gasteiger partial charge in [-0.15, -0.1) is 0 Å². The molecule has 104 valence electrons.